The molecule has 1 fully saturated rings. The first-order chi connectivity index (χ1) is 15.4. The predicted octanol–water partition coefficient (Wildman–Crippen LogP) is 2.75. The lowest BCUT2D eigenvalue weighted by atomic mass is 10.0. The number of hydrazine groups is 1. The minimum atomic E-state index is -1.06. The number of fused-ring (bicyclic) bond motifs is 1. The number of aliphatic imine (C=N–C) groups is 1. The second-order valence-corrected chi connectivity index (χ2v) is 8.30. The van der Waals surface area contributed by atoms with Gasteiger partial charge in [-0.3, -0.25) is 19.9 Å². The number of thioether (sulfide) groups is 1. The van der Waals surface area contributed by atoms with E-state index in [9.17, 15) is 18.4 Å². The Labute approximate surface area is 191 Å². The Morgan fingerprint density at radius 1 is 1.31 bits per heavy atom. The molecule has 1 saturated heterocycles. The third-order valence-corrected chi connectivity index (χ3v) is 6.11. The SMILES string of the molecule is COc1ccc(N2C(=O)C3CNNC3N=C2SCC(=O)Nc2ccc(F)c(F)c2)cc1Cl. The number of amidine groups is 1. The monoisotopic (exact) mass is 481 g/mol. The van der Waals surface area contributed by atoms with Crippen LogP contribution >= 0.6 is 23.4 Å². The van der Waals surface area contributed by atoms with Crippen molar-refractivity contribution in [1.29, 1.82) is 0 Å². The Kier molecular flexibility index (Phi) is 6.60. The number of ether oxygens (including phenoxy) is 1. The molecule has 2 aliphatic heterocycles. The van der Waals surface area contributed by atoms with Gasteiger partial charge in [-0.25, -0.2) is 19.2 Å². The number of nitrogens with zero attached hydrogens (tertiary/aromatic N) is 2. The Morgan fingerprint density at radius 3 is 2.84 bits per heavy atom. The van der Waals surface area contributed by atoms with E-state index in [1.165, 1.54) is 18.1 Å². The van der Waals surface area contributed by atoms with Crippen molar-refractivity contribution in [2.45, 2.75) is 6.17 Å². The Hall–Kier alpha value is -2.73. The fraction of sp³-hybridized carbons (Fsp3) is 0.250. The topological polar surface area (TPSA) is 95.1 Å². The standard InChI is InChI=1S/C20H18ClF2N5O3S/c1-31-16-5-3-11(7-13(16)21)28-19(30)12-8-24-27-18(12)26-20(28)32-9-17(29)25-10-2-4-14(22)15(23)6-10/h2-7,12,18,24,27H,8-9H2,1H3,(H,25,29). The summed E-state index contributed by atoms with van der Waals surface area (Å²) in [5.41, 5.74) is 6.46. The molecule has 0 aromatic heterocycles. The summed E-state index contributed by atoms with van der Waals surface area (Å²) in [5, 5.41) is 3.12. The number of amides is 2. The van der Waals surface area contributed by atoms with Gasteiger partial charge in [0.1, 0.15) is 11.9 Å². The van der Waals surface area contributed by atoms with Crippen LogP contribution in [0.5, 0.6) is 5.75 Å². The largest absolute Gasteiger partial charge is 0.495 e. The number of rotatable bonds is 5. The van der Waals surface area contributed by atoms with Gasteiger partial charge in [0, 0.05) is 18.3 Å². The van der Waals surface area contributed by atoms with Gasteiger partial charge in [-0.2, -0.15) is 0 Å². The number of carbonyl (C=O) groups is 2. The van der Waals surface area contributed by atoms with E-state index in [2.05, 4.69) is 21.2 Å². The van der Waals surface area contributed by atoms with Crippen LogP contribution in [0.3, 0.4) is 0 Å². The van der Waals surface area contributed by atoms with Crippen molar-refractivity contribution in [3.05, 3.63) is 53.1 Å². The number of benzene rings is 2. The molecular formula is C20H18ClF2N5O3S. The van der Waals surface area contributed by atoms with Crippen molar-refractivity contribution in [2.75, 3.05) is 29.6 Å². The summed E-state index contributed by atoms with van der Waals surface area (Å²) in [7, 11) is 1.49. The molecule has 3 N–H and O–H groups in total. The molecule has 8 nitrogen and oxygen atoms in total. The lowest BCUT2D eigenvalue weighted by molar-refractivity contribution is -0.121. The van der Waals surface area contributed by atoms with Crippen molar-refractivity contribution in [3.63, 3.8) is 0 Å². The summed E-state index contributed by atoms with van der Waals surface area (Å²) in [6.07, 6.45) is -0.468. The first-order valence-electron chi connectivity index (χ1n) is 9.49. The zero-order valence-electron chi connectivity index (χ0n) is 16.7. The van der Waals surface area contributed by atoms with Crippen LogP contribution in [0.2, 0.25) is 5.02 Å². The van der Waals surface area contributed by atoms with Crippen LogP contribution in [0.4, 0.5) is 20.2 Å². The lowest BCUT2D eigenvalue weighted by Gasteiger charge is -2.32. The molecule has 2 amide bonds. The van der Waals surface area contributed by atoms with Gasteiger partial charge in [0.15, 0.2) is 16.8 Å². The molecule has 2 aliphatic rings. The number of halogens is 3. The average molecular weight is 482 g/mol. The van der Waals surface area contributed by atoms with Crippen LogP contribution < -0.4 is 25.8 Å². The molecule has 2 heterocycles. The summed E-state index contributed by atoms with van der Waals surface area (Å²) in [4.78, 5) is 31.5. The number of methoxy groups -OCH3 is 1. The van der Waals surface area contributed by atoms with Crippen LogP contribution in [0.25, 0.3) is 0 Å². The van der Waals surface area contributed by atoms with Crippen molar-refractivity contribution >= 4 is 51.7 Å². The van der Waals surface area contributed by atoms with E-state index in [1.807, 2.05) is 0 Å². The number of nitrogens with one attached hydrogen (secondary N) is 3. The highest BCUT2D eigenvalue weighted by Gasteiger charge is 2.42. The second kappa shape index (κ2) is 9.41. The normalized spacial score (nSPS) is 20.1. The number of carbonyl (C=O) groups excluding carboxylic acids is 2. The van der Waals surface area contributed by atoms with Crippen LogP contribution in [-0.2, 0) is 9.59 Å². The van der Waals surface area contributed by atoms with Gasteiger partial charge in [0.25, 0.3) is 0 Å². The fourth-order valence-corrected chi connectivity index (χ4v) is 4.40. The van der Waals surface area contributed by atoms with E-state index in [0.717, 1.165) is 23.9 Å². The van der Waals surface area contributed by atoms with Gasteiger partial charge >= 0.3 is 0 Å². The van der Waals surface area contributed by atoms with E-state index in [-0.39, 0.29) is 17.3 Å². The zero-order chi connectivity index (χ0) is 22.8. The third kappa shape index (κ3) is 4.56. The van der Waals surface area contributed by atoms with Gasteiger partial charge in [0.2, 0.25) is 11.8 Å². The van der Waals surface area contributed by atoms with Gasteiger partial charge in [-0.05, 0) is 30.3 Å². The molecule has 168 valence electrons. The third-order valence-electron chi connectivity index (χ3n) is 4.86. The zero-order valence-corrected chi connectivity index (χ0v) is 18.3. The van der Waals surface area contributed by atoms with E-state index in [4.69, 9.17) is 16.3 Å². The molecule has 0 spiro atoms. The van der Waals surface area contributed by atoms with Crippen molar-refractivity contribution in [1.82, 2.24) is 10.9 Å². The molecule has 2 aromatic rings. The smallest absolute Gasteiger partial charge is 0.241 e. The molecule has 0 aliphatic carbocycles. The molecule has 32 heavy (non-hydrogen) atoms. The van der Waals surface area contributed by atoms with Crippen molar-refractivity contribution in [2.24, 2.45) is 10.9 Å². The molecule has 0 bridgehead atoms. The van der Waals surface area contributed by atoms with Gasteiger partial charge in [0.05, 0.1) is 29.5 Å². The minimum Gasteiger partial charge on any atom is -0.495 e. The Morgan fingerprint density at radius 2 is 2.12 bits per heavy atom. The second-order valence-electron chi connectivity index (χ2n) is 6.95. The van der Waals surface area contributed by atoms with Gasteiger partial charge in [-0.1, -0.05) is 23.4 Å². The van der Waals surface area contributed by atoms with Crippen LogP contribution in [0.1, 0.15) is 0 Å². The molecule has 0 saturated carbocycles. The molecule has 12 heteroatoms. The average Bonchev–Trinajstić information content (AvgIpc) is 3.24. The fourth-order valence-electron chi connectivity index (χ4n) is 3.30. The highest BCUT2D eigenvalue weighted by atomic mass is 35.5. The molecular weight excluding hydrogens is 464 g/mol. The van der Waals surface area contributed by atoms with E-state index in [0.29, 0.717) is 28.2 Å². The summed E-state index contributed by atoms with van der Waals surface area (Å²) >= 11 is 7.28. The summed E-state index contributed by atoms with van der Waals surface area (Å²) in [6, 6.07) is 7.98. The summed E-state index contributed by atoms with van der Waals surface area (Å²) in [6.45, 7) is 0.405. The molecule has 0 radical (unpaired) electrons. The molecule has 2 unspecified atom stereocenters. The maximum atomic E-state index is 13.4. The van der Waals surface area contributed by atoms with Gasteiger partial charge < -0.3 is 10.1 Å². The maximum absolute atomic E-state index is 13.4. The first-order valence-corrected chi connectivity index (χ1v) is 10.8. The van der Waals surface area contributed by atoms with Crippen molar-refractivity contribution in [3.8, 4) is 5.75 Å². The highest BCUT2D eigenvalue weighted by molar-refractivity contribution is 8.14. The summed E-state index contributed by atoms with van der Waals surface area (Å²) in [5.74, 6) is -2.82. The number of hydrogen-bond donors (Lipinski definition) is 3. The van der Waals surface area contributed by atoms with E-state index < -0.39 is 29.6 Å². The first kappa shape index (κ1) is 22.5. The minimum absolute atomic E-state index is 0.115. The number of anilines is 2. The molecule has 2 aromatic carbocycles. The maximum Gasteiger partial charge on any atom is 0.241 e. The van der Waals surface area contributed by atoms with Crippen molar-refractivity contribution < 1.29 is 23.1 Å². The van der Waals surface area contributed by atoms with E-state index >= 15 is 0 Å². The number of hydrogen-bond acceptors (Lipinski definition) is 7. The highest BCUT2D eigenvalue weighted by Crippen LogP contribution is 2.34. The predicted molar refractivity (Wildman–Crippen MR) is 119 cm³/mol. The van der Waals surface area contributed by atoms with Crippen LogP contribution in [0, 0.1) is 17.6 Å². The molecule has 2 atom stereocenters. The summed E-state index contributed by atoms with van der Waals surface area (Å²) < 4.78 is 31.6. The van der Waals surface area contributed by atoms with Gasteiger partial charge in [-0.15, -0.1) is 0 Å². The Balaban J connectivity index is 1.53. The Bertz CT molecular complexity index is 1100. The quantitative estimate of drug-likeness (QED) is 0.608. The molecule has 4 rings (SSSR count). The lowest BCUT2D eigenvalue weighted by Crippen LogP contribution is -2.49. The van der Waals surface area contributed by atoms with Crippen LogP contribution in [-0.4, -0.2) is 42.6 Å². The van der Waals surface area contributed by atoms with E-state index in [1.54, 1.807) is 18.2 Å². The van der Waals surface area contributed by atoms with Crippen LogP contribution in [0.15, 0.2) is 41.4 Å².